The van der Waals surface area contributed by atoms with Gasteiger partial charge in [0.25, 0.3) is 5.91 Å². The van der Waals surface area contributed by atoms with E-state index in [9.17, 15) is 19.5 Å². The van der Waals surface area contributed by atoms with Crippen molar-refractivity contribution in [2.24, 2.45) is 0 Å². The van der Waals surface area contributed by atoms with Gasteiger partial charge in [0, 0.05) is 58.7 Å². The standard InChI is InChI=1S/C34H39N5O5/c1-23(2)35-34(43)37-28-8-6-26(30(21-28)33(41)42)22-44-29-11-9-27(10-12-29)36-32(40)25-7-13-31-24(20-25)14-17-39(31)19-18-38-15-4-3-5-16-38/h6-14,17,20-21,23H,3-5,15-16,18-19,22H2,1-2H3,(H,36,40)(H,41,42)(H2,35,37,43). The van der Waals surface area contributed by atoms with Gasteiger partial charge in [-0.05, 0) is 100 Å². The number of aromatic nitrogens is 1. The molecule has 44 heavy (non-hydrogen) atoms. The number of carbonyl (C=O) groups excluding carboxylic acids is 2. The van der Waals surface area contributed by atoms with Crippen LogP contribution in [0.25, 0.3) is 10.9 Å². The molecule has 4 N–H and O–H groups in total. The Hall–Kier alpha value is -4.83. The van der Waals surface area contributed by atoms with Crippen molar-refractivity contribution < 1.29 is 24.2 Å². The summed E-state index contributed by atoms with van der Waals surface area (Å²) in [7, 11) is 0. The Morgan fingerprint density at radius 3 is 2.34 bits per heavy atom. The Morgan fingerprint density at radius 2 is 1.61 bits per heavy atom. The van der Waals surface area contributed by atoms with Gasteiger partial charge in [-0.25, -0.2) is 9.59 Å². The minimum absolute atomic E-state index is 0.0174. The number of anilines is 2. The minimum Gasteiger partial charge on any atom is -0.489 e. The first-order valence-corrected chi connectivity index (χ1v) is 15.0. The van der Waals surface area contributed by atoms with Gasteiger partial charge >= 0.3 is 12.0 Å². The van der Waals surface area contributed by atoms with Crippen molar-refractivity contribution in [1.29, 1.82) is 0 Å². The summed E-state index contributed by atoms with van der Waals surface area (Å²) in [5.74, 6) is -0.810. The zero-order valence-electron chi connectivity index (χ0n) is 25.1. The first kappa shape index (κ1) is 30.6. The molecule has 4 aromatic rings. The molecule has 0 bridgehead atoms. The SMILES string of the molecule is CC(C)NC(=O)Nc1ccc(COc2ccc(NC(=O)c3ccc4c(ccn4CCN4CCCCC4)c3)cc2)c(C(=O)O)c1. The number of urea groups is 1. The Balaban J connectivity index is 1.16. The summed E-state index contributed by atoms with van der Waals surface area (Å²) in [4.78, 5) is 39.3. The summed E-state index contributed by atoms with van der Waals surface area (Å²) < 4.78 is 8.08. The molecule has 1 fully saturated rings. The molecule has 3 aromatic carbocycles. The molecule has 0 saturated carbocycles. The van der Waals surface area contributed by atoms with Crippen LogP contribution in [0.3, 0.4) is 0 Å². The van der Waals surface area contributed by atoms with E-state index >= 15 is 0 Å². The highest BCUT2D eigenvalue weighted by molar-refractivity contribution is 6.06. The van der Waals surface area contributed by atoms with E-state index in [0.29, 0.717) is 28.3 Å². The highest BCUT2D eigenvalue weighted by Gasteiger charge is 2.15. The summed E-state index contributed by atoms with van der Waals surface area (Å²) in [6.07, 6.45) is 5.98. The number of rotatable bonds is 11. The van der Waals surface area contributed by atoms with Gasteiger partial charge in [0.2, 0.25) is 0 Å². The van der Waals surface area contributed by atoms with E-state index in [1.54, 1.807) is 36.4 Å². The van der Waals surface area contributed by atoms with Crippen molar-refractivity contribution in [1.82, 2.24) is 14.8 Å². The lowest BCUT2D eigenvalue weighted by atomic mass is 10.1. The fourth-order valence-corrected chi connectivity index (χ4v) is 5.38. The predicted octanol–water partition coefficient (Wildman–Crippen LogP) is 6.19. The van der Waals surface area contributed by atoms with E-state index in [2.05, 4.69) is 37.7 Å². The van der Waals surface area contributed by atoms with E-state index in [4.69, 9.17) is 4.74 Å². The van der Waals surface area contributed by atoms with Gasteiger partial charge in [0.1, 0.15) is 12.4 Å². The van der Waals surface area contributed by atoms with Crippen molar-refractivity contribution in [3.05, 3.63) is 89.6 Å². The molecule has 10 heteroatoms. The maximum absolute atomic E-state index is 13.0. The van der Waals surface area contributed by atoms with Crippen LogP contribution in [0, 0.1) is 0 Å². The van der Waals surface area contributed by atoms with Crippen LogP contribution in [0.2, 0.25) is 0 Å². The largest absolute Gasteiger partial charge is 0.489 e. The summed E-state index contributed by atoms with van der Waals surface area (Å²) in [6, 6.07) is 18.9. The summed E-state index contributed by atoms with van der Waals surface area (Å²) in [6.45, 7) is 8.00. The van der Waals surface area contributed by atoms with Gasteiger partial charge in [0.05, 0.1) is 5.56 Å². The number of carboxylic acids is 1. The zero-order chi connectivity index (χ0) is 31.1. The number of likely N-dealkylation sites (tertiary alicyclic amines) is 1. The minimum atomic E-state index is -1.12. The molecule has 1 aromatic heterocycles. The molecule has 2 heterocycles. The van der Waals surface area contributed by atoms with Crippen LogP contribution in [0.15, 0.2) is 72.9 Å². The number of hydrogen-bond acceptors (Lipinski definition) is 5. The van der Waals surface area contributed by atoms with E-state index in [1.807, 2.05) is 32.0 Å². The number of nitrogens with zero attached hydrogens (tertiary/aromatic N) is 2. The van der Waals surface area contributed by atoms with Crippen molar-refractivity contribution in [2.75, 3.05) is 30.3 Å². The molecule has 230 valence electrons. The van der Waals surface area contributed by atoms with Gasteiger partial charge < -0.3 is 35.3 Å². The van der Waals surface area contributed by atoms with Gasteiger partial charge in [-0.2, -0.15) is 0 Å². The molecule has 1 aliphatic heterocycles. The number of fused-ring (bicyclic) bond motifs is 1. The van der Waals surface area contributed by atoms with Crippen LogP contribution in [0.4, 0.5) is 16.2 Å². The highest BCUT2D eigenvalue weighted by atomic mass is 16.5. The molecule has 0 spiro atoms. The lowest BCUT2D eigenvalue weighted by Crippen LogP contribution is -2.34. The summed E-state index contributed by atoms with van der Waals surface area (Å²) in [5.41, 5.74) is 3.17. The molecule has 0 unspecified atom stereocenters. The molecule has 0 radical (unpaired) electrons. The third-order valence-corrected chi connectivity index (χ3v) is 7.66. The highest BCUT2D eigenvalue weighted by Crippen LogP contribution is 2.23. The third kappa shape index (κ3) is 7.96. The Bertz CT molecular complexity index is 1620. The van der Waals surface area contributed by atoms with Gasteiger partial charge in [-0.15, -0.1) is 0 Å². The van der Waals surface area contributed by atoms with Crippen LogP contribution < -0.4 is 20.7 Å². The smallest absolute Gasteiger partial charge is 0.336 e. The van der Waals surface area contributed by atoms with E-state index < -0.39 is 12.0 Å². The molecule has 10 nitrogen and oxygen atoms in total. The normalized spacial score (nSPS) is 13.5. The number of carboxylic acid groups (broad SMARTS) is 1. The lowest BCUT2D eigenvalue weighted by Gasteiger charge is -2.26. The van der Waals surface area contributed by atoms with Crippen molar-refractivity contribution in [3.8, 4) is 5.75 Å². The second-order valence-corrected chi connectivity index (χ2v) is 11.4. The van der Waals surface area contributed by atoms with Gasteiger partial charge in [0.15, 0.2) is 0 Å². The third-order valence-electron chi connectivity index (χ3n) is 7.66. The Kier molecular flexibility index (Phi) is 9.81. The second kappa shape index (κ2) is 14.1. The van der Waals surface area contributed by atoms with Crippen LogP contribution in [-0.4, -0.2) is 58.2 Å². The van der Waals surface area contributed by atoms with Gasteiger partial charge in [-0.3, -0.25) is 4.79 Å². The number of ether oxygens (including phenoxy) is 1. The fourth-order valence-electron chi connectivity index (χ4n) is 5.38. The number of piperidine rings is 1. The number of hydrogen-bond donors (Lipinski definition) is 4. The van der Waals surface area contributed by atoms with Crippen molar-refractivity contribution in [2.45, 2.75) is 52.3 Å². The number of nitrogens with one attached hydrogen (secondary N) is 3. The van der Waals surface area contributed by atoms with E-state index in [1.165, 1.54) is 38.4 Å². The van der Waals surface area contributed by atoms with E-state index in [-0.39, 0.29) is 24.1 Å². The molecule has 5 rings (SSSR count). The van der Waals surface area contributed by atoms with Crippen molar-refractivity contribution in [3.63, 3.8) is 0 Å². The van der Waals surface area contributed by atoms with Crippen LogP contribution in [0.5, 0.6) is 5.75 Å². The predicted molar refractivity (Wildman–Crippen MR) is 172 cm³/mol. The topological polar surface area (TPSA) is 125 Å². The molecule has 0 atom stereocenters. The molecule has 0 aliphatic carbocycles. The Labute approximate surface area is 257 Å². The van der Waals surface area contributed by atoms with Gasteiger partial charge in [-0.1, -0.05) is 12.5 Å². The number of carbonyl (C=O) groups is 3. The maximum Gasteiger partial charge on any atom is 0.336 e. The molecular weight excluding hydrogens is 558 g/mol. The molecule has 1 saturated heterocycles. The molecule has 1 aliphatic rings. The summed E-state index contributed by atoms with van der Waals surface area (Å²) in [5, 5.41) is 19.0. The Morgan fingerprint density at radius 1 is 0.864 bits per heavy atom. The van der Waals surface area contributed by atoms with Crippen LogP contribution in [0.1, 0.15) is 59.4 Å². The fraction of sp³-hybridized carbons (Fsp3) is 0.324. The monoisotopic (exact) mass is 597 g/mol. The van der Waals surface area contributed by atoms with Crippen LogP contribution in [-0.2, 0) is 13.2 Å². The quantitative estimate of drug-likeness (QED) is 0.164. The summed E-state index contributed by atoms with van der Waals surface area (Å²) >= 11 is 0. The number of aromatic carboxylic acids is 1. The zero-order valence-corrected chi connectivity index (χ0v) is 25.1. The maximum atomic E-state index is 13.0. The number of benzene rings is 3. The van der Waals surface area contributed by atoms with Crippen LogP contribution >= 0.6 is 0 Å². The molecular formula is C34H39N5O5. The van der Waals surface area contributed by atoms with Crippen molar-refractivity contribution >= 4 is 40.2 Å². The second-order valence-electron chi connectivity index (χ2n) is 11.4. The van der Waals surface area contributed by atoms with E-state index in [0.717, 1.165) is 24.0 Å². The lowest BCUT2D eigenvalue weighted by molar-refractivity contribution is 0.0693. The average molecular weight is 598 g/mol. The first-order chi connectivity index (χ1) is 21.2. The first-order valence-electron chi connectivity index (χ1n) is 15.0. The average Bonchev–Trinajstić information content (AvgIpc) is 3.42. The molecule has 3 amide bonds. The number of amides is 3.